The van der Waals surface area contributed by atoms with Crippen molar-refractivity contribution in [3.63, 3.8) is 0 Å². The normalized spacial score (nSPS) is 11.5. The zero-order chi connectivity index (χ0) is 19.3. The highest BCUT2D eigenvalue weighted by Gasteiger charge is 2.18. The van der Waals surface area contributed by atoms with Crippen LogP contribution in [-0.2, 0) is 27.5 Å². The number of hydrogen-bond acceptors (Lipinski definition) is 6. The van der Waals surface area contributed by atoms with Crippen molar-refractivity contribution < 1.29 is 23.1 Å². The third-order valence-electron chi connectivity index (χ3n) is 3.67. The van der Waals surface area contributed by atoms with Crippen molar-refractivity contribution in [1.82, 2.24) is 10.3 Å². The molecule has 0 atom stereocenters. The highest BCUT2D eigenvalue weighted by Crippen LogP contribution is 2.16. The Hall–Kier alpha value is -2.26. The molecule has 0 unspecified atom stereocenters. The van der Waals surface area contributed by atoms with E-state index in [4.69, 9.17) is 5.11 Å². The SMILES string of the molecule is CC(C)S(=O)(=O)c1ccc(CC(=O)NCCc2nc(C(=O)O)cs2)cc1. The predicted molar refractivity (Wildman–Crippen MR) is 98.3 cm³/mol. The van der Waals surface area contributed by atoms with Crippen LogP contribution in [0.15, 0.2) is 34.5 Å². The summed E-state index contributed by atoms with van der Waals surface area (Å²) in [6.07, 6.45) is 0.593. The number of carboxylic acid groups (broad SMARTS) is 1. The third-order valence-corrected chi connectivity index (χ3v) is 6.75. The summed E-state index contributed by atoms with van der Waals surface area (Å²) in [5, 5.41) is 13.2. The second-order valence-electron chi connectivity index (χ2n) is 5.95. The number of hydrogen-bond donors (Lipinski definition) is 2. The number of sulfone groups is 1. The number of carbonyl (C=O) groups excluding carboxylic acids is 1. The van der Waals surface area contributed by atoms with E-state index in [9.17, 15) is 18.0 Å². The van der Waals surface area contributed by atoms with Crippen molar-refractivity contribution in [2.45, 2.75) is 36.8 Å². The van der Waals surface area contributed by atoms with Crippen LogP contribution in [0.2, 0.25) is 0 Å². The number of aromatic carboxylic acids is 1. The standard InChI is InChI=1S/C17H20N2O5S2/c1-11(2)26(23,24)13-5-3-12(4-6-13)9-15(20)18-8-7-16-19-14(10-25-16)17(21)22/h3-6,10-11H,7-9H2,1-2H3,(H,18,20)(H,21,22). The maximum absolute atomic E-state index is 12.1. The zero-order valence-corrected chi connectivity index (χ0v) is 16.1. The number of rotatable bonds is 8. The Bertz CT molecular complexity index is 886. The molecule has 0 aliphatic heterocycles. The molecule has 0 aliphatic rings. The quantitative estimate of drug-likeness (QED) is 0.705. The van der Waals surface area contributed by atoms with E-state index in [1.807, 2.05) is 0 Å². The van der Waals surface area contributed by atoms with Crippen molar-refractivity contribution in [1.29, 1.82) is 0 Å². The molecule has 140 valence electrons. The van der Waals surface area contributed by atoms with E-state index in [0.717, 1.165) is 0 Å². The molecule has 0 saturated carbocycles. The summed E-state index contributed by atoms with van der Waals surface area (Å²) in [4.78, 5) is 26.9. The molecule has 0 radical (unpaired) electrons. The van der Waals surface area contributed by atoms with Gasteiger partial charge in [0.25, 0.3) is 0 Å². The van der Waals surface area contributed by atoms with E-state index in [1.54, 1.807) is 26.0 Å². The molecule has 1 amide bonds. The Morgan fingerprint density at radius 1 is 1.23 bits per heavy atom. The minimum Gasteiger partial charge on any atom is -0.476 e. The van der Waals surface area contributed by atoms with E-state index in [1.165, 1.54) is 28.8 Å². The van der Waals surface area contributed by atoms with Gasteiger partial charge in [0.2, 0.25) is 5.91 Å². The molecule has 2 N–H and O–H groups in total. The van der Waals surface area contributed by atoms with Gasteiger partial charge in [-0.1, -0.05) is 12.1 Å². The summed E-state index contributed by atoms with van der Waals surface area (Å²) in [5.41, 5.74) is 0.723. The predicted octanol–water partition coefficient (Wildman–Crippen LogP) is 1.92. The maximum atomic E-state index is 12.1. The van der Waals surface area contributed by atoms with Gasteiger partial charge in [-0.3, -0.25) is 4.79 Å². The van der Waals surface area contributed by atoms with Gasteiger partial charge in [-0.05, 0) is 31.5 Å². The van der Waals surface area contributed by atoms with Crippen LogP contribution >= 0.6 is 11.3 Å². The minimum atomic E-state index is -3.32. The summed E-state index contributed by atoms with van der Waals surface area (Å²) in [7, 11) is -3.32. The molecular formula is C17H20N2O5S2. The monoisotopic (exact) mass is 396 g/mol. The van der Waals surface area contributed by atoms with E-state index < -0.39 is 21.1 Å². The van der Waals surface area contributed by atoms with Crippen LogP contribution < -0.4 is 5.32 Å². The lowest BCUT2D eigenvalue weighted by Crippen LogP contribution is -2.27. The molecule has 7 nitrogen and oxygen atoms in total. The number of benzene rings is 1. The van der Waals surface area contributed by atoms with Gasteiger partial charge in [-0.2, -0.15) is 0 Å². The molecule has 0 bridgehead atoms. The van der Waals surface area contributed by atoms with Crippen molar-refractivity contribution >= 4 is 33.1 Å². The van der Waals surface area contributed by atoms with Crippen LogP contribution in [0.4, 0.5) is 0 Å². The van der Waals surface area contributed by atoms with E-state index in [-0.39, 0.29) is 22.9 Å². The second kappa shape index (κ2) is 8.41. The lowest BCUT2D eigenvalue weighted by atomic mass is 10.1. The lowest BCUT2D eigenvalue weighted by Gasteiger charge is -2.09. The van der Waals surface area contributed by atoms with E-state index in [0.29, 0.717) is 23.5 Å². The topological polar surface area (TPSA) is 113 Å². The fraction of sp³-hybridized carbons (Fsp3) is 0.353. The summed E-state index contributed by atoms with van der Waals surface area (Å²) < 4.78 is 24.1. The fourth-order valence-corrected chi connectivity index (χ4v) is 3.98. The molecule has 26 heavy (non-hydrogen) atoms. The Kier molecular flexibility index (Phi) is 6.49. The number of amides is 1. The number of carbonyl (C=O) groups is 2. The molecule has 0 aliphatic carbocycles. The first-order valence-electron chi connectivity index (χ1n) is 7.97. The Morgan fingerprint density at radius 2 is 1.88 bits per heavy atom. The smallest absolute Gasteiger partial charge is 0.355 e. The lowest BCUT2D eigenvalue weighted by molar-refractivity contribution is -0.120. The summed E-state index contributed by atoms with van der Waals surface area (Å²) in [6.45, 7) is 3.60. The van der Waals surface area contributed by atoms with Crippen molar-refractivity contribution in [2.24, 2.45) is 0 Å². The minimum absolute atomic E-state index is 0.00719. The molecule has 1 aromatic heterocycles. The Morgan fingerprint density at radius 3 is 2.42 bits per heavy atom. The van der Waals surface area contributed by atoms with Crippen LogP contribution in [0.3, 0.4) is 0 Å². The highest BCUT2D eigenvalue weighted by molar-refractivity contribution is 7.92. The van der Waals surface area contributed by atoms with Crippen molar-refractivity contribution in [3.8, 4) is 0 Å². The van der Waals surface area contributed by atoms with E-state index in [2.05, 4.69) is 10.3 Å². The molecular weight excluding hydrogens is 376 g/mol. The van der Waals surface area contributed by atoms with Crippen LogP contribution in [0.5, 0.6) is 0 Å². The van der Waals surface area contributed by atoms with Gasteiger partial charge >= 0.3 is 5.97 Å². The fourth-order valence-electron chi connectivity index (χ4n) is 2.15. The van der Waals surface area contributed by atoms with Crippen LogP contribution in [0, 0.1) is 0 Å². The number of carboxylic acids is 1. The average molecular weight is 396 g/mol. The van der Waals surface area contributed by atoms with Gasteiger partial charge in [-0.25, -0.2) is 18.2 Å². The van der Waals surface area contributed by atoms with Gasteiger partial charge in [-0.15, -0.1) is 11.3 Å². The molecule has 9 heteroatoms. The first-order valence-corrected chi connectivity index (χ1v) is 10.4. The third kappa shape index (κ3) is 5.12. The molecule has 2 aromatic rings. The zero-order valence-electron chi connectivity index (χ0n) is 14.4. The average Bonchev–Trinajstić information content (AvgIpc) is 3.04. The Labute approximate surface area is 156 Å². The molecule has 2 rings (SSSR count). The molecule has 0 saturated heterocycles. The molecule has 0 fully saturated rings. The molecule has 1 aromatic carbocycles. The first-order chi connectivity index (χ1) is 12.2. The number of aromatic nitrogens is 1. The van der Waals surface area contributed by atoms with Crippen LogP contribution in [-0.4, -0.2) is 42.2 Å². The van der Waals surface area contributed by atoms with Crippen molar-refractivity contribution in [2.75, 3.05) is 6.54 Å². The van der Waals surface area contributed by atoms with Crippen molar-refractivity contribution in [3.05, 3.63) is 45.9 Å². The first kappa shape index (κ1) is 20.1. The summed E-state index contributed by atoms with van der Waals surface area (Å²) in [5.74, 6) is -1.26. The molecule has 0 spiro atoms. The summed E-state index contributed by atoms with van der Waals surface area (Å²) >= 11 is 1.24. The number of thiazole rings is 1. The number of nitrogens with one attached hydrogen (secondary N) is 1. The summed E-state index contributed by atoms with van der Waals surface area (Å²) in [6, 6.07) is 6.30. The van der Waals surface area contributed by atoms with Crippen LogP contribution in [0.1, 0.15) is 34.9 Å². The molecule has 1 heterocycles. The largest absolute Gasteiger partial charge is 0.476 e. The van der Waals surface area contributed by atoms with Gasteiger partial charge in [0.15, 0.2) is 15.5 Å². The number of nitrogens with zero attached hydrogens (tertiary/aromatic N) is 1. The van der Waals surface area contributed by atoms with Crippen LogP contribution in [0.25, 0.3) is 0 Å². The van der Waals surface area contributed by atoms with Gasteiger partial charge in [0.1, 0.15) is 0 Å². The van der Waals surface area contributed by atoms with Gasteiger partial charge < -0.3 is 10.4 Å². The highest BCUT2D eigenvalue weighted by atomic mass is 32.2. The van der Waals surface area contributed by atoms with Gasteiger partial charge in [0, 0.05) is 18.3 Å². The second-order valence-corrected chi connectivity index (χ2v) is 9.39. The Balaban J connectivity index is 1.85. The maximum Gasteiger partial charge on any atom is 0.355 e. The van der Waals surface area contributed by atoms with Gasteiger partial charge in [0.05, 0.1) is 21.6 Å². The van der Waals surface area contributed by atoms with E-state index >= 15 is 0 Å².